The molecule has 0 spiro atoms. The first kappa shape index (κ1) is 16.7. The molecule has 0 amide bonds. The summed E-state index contributed by atoms with van der Waals surface area (Å²) in [5.41, 5.74) is 0.565. The van der Waals surface area contributed by atoms with E-state index in [2.05, 4.69) is 0 Å². The molecular weight excluding hydrogens is 278 g/mol. The van der Waals surface area contributed by atoms with Gasteiger partial charge in [-0.2, -0.15) is 4.31 Å². The van der Waals surface area contributed by atoms with Crippen molar-refractivity contribution in [1.29, 1.82) is 0 Å². The third kappa shape index (κ3) is 3.58. The summed E-state index contributed by atoms with van der Waals surface area (Å²) in [6.45, 7) is 8.07. The second-order valence-corrected chi connectivity index (χ2v) is 7.07. The maximum absolute atomic E-state index is 12.5. The molecule has 1 aromatic rings. The highest BCUT2D eigenvalue weighted by atomic mass is 32.2. The topological polar surface area (TPSA) is 74.7 Å². The lowest BCUT2D eigenvalue weighted by Gasteiger charge is -2.22. The van der Waals surface area contributed by atoms with Crippen molar-refractivity contribution in [3.8, 4) is 0 Å². The highest BCUT2D eigenvalue weighted by molar-refractivity contribution is 7.89. The molecule has 0 heterocycles. The maximum Gasteiger partial charge on any atom is 0.335 e. The zero-order chi connectivity index (χ0) is 15.5. The monoisotopic (exact) mass is 299 g/mol. The van der Waals surface area contributed by atoms with Gasteiger partial charge < -0.3 is 5.11 Å². The number of carboxylic acid groups (broad SMARTS) is 1. The number of rotatable bonds is 6. The molecule has 1 N–H and O–H groups in total. The first-order chi connectivity index (χ1) is 9.20. The van der Waals surface area contributed by atoms with E-state index < -0.39 is 16.0 Å². The molecule has 0 aromatic heterocycles. The van der Waals surface area contributed by atoms with Crippen molar-refractivity contribution in [3.63, 3.8) is 0 Å². The van der Waals surface area contributed by atoms with Crippen LogP contribution in [0.5, 0.6) is 0 Å². The van der Waals surface area contributed by atoms with Crippen LogP contribution >= 0.6 is 0 Å². The van der Waals surface area contributed by atoms with Gasteiger partial charge in [0.2, 0.25) is 10.0 Å². The van der Waals surface area contributed by atoms with Crippen molar-refractivity contribution < 1.29 is 18.3 Å². The average molecular weight is 299 g/mol. The Bertz CT molecular complexity index is 593. The Labute approximate surface area is 120 Å². The van der Waals surface area contributed by atoms with E-state index in [9.17, 15) is 13.2 Å². The van der Waals surface area contributed by atoms with Gasteiger partial charge in [-0.25, -0.2) is 13.2 Å². The normalized spacial score (nSPS) is 12.1. The lowest BCUT2D eigenvalue weighted by Crippen LogP contribution is -2.34. The Hall–Kier alpha value is -1.40. The first-order valence-electron chi connectivity index (χ1n) is 6.54. The molecule has 5 nitrogen and oxygen atoms in total. The fraction of sp³-hybridized carbons (Fsp3) is 0.500. The van der Waals surface area contributed by atoms with Crippen LogP contribution in [0.4, 0.5) is 0 Å². The molecule has 0 saturated heterocycles. The van der Waals surface area contributed by atoms with Gasteiger partial charge in [0.1, 0.15) is 0 Å². The van der Waals surface area contributed by atoms with Gasteiger partial charge in [0.25, 0.3) is 0 Å². The summed E-state index contributed by atoms with van der Waals surface area (Å²) in [7, 11) is -3.65. The van der Waals surface area contributed by atoms with Gasteiger partial charge >= 0.3 is 5.97 Å². The van der Waals surface area contributed by atoms with Crippen molar-refractivity contribution in [2.45, 2.75) is 32.6 Å². The van der Waals surface area contributed by atoms with Crippen LogP contribution in [-0.2, 0) is 10.0 Å². The van der Waals surface area contributed by atoms with Crippen LogP contribution < -0.4 is 0 Å². The van der Waals surface area contributed by atoms with Gasteiger partial charge in [0, 0.05) is 13.1 Å². The molecule has 0 bridgehead atoms. The molecule has 0 saturated carbocycles. The number of hydrogen-bond acceptors (Lipinski definition) is 3. The predicted octanol–water partition coefficient (Wildman–Crippen LogP) is 2.36. The molecule has 0 unspecified atom stereocenters. The number of carboxylic acids is 1. The number of sulfonamides is 1. The summed E-state index contributed by atoms with van der Waals surface area (Å²) >= 11 is 0. The summed E-state index contributed by atoms with van der Waals surface area (Å²) in [6.07, 6.45) is 0. The van der Waals surface area contributed by atoms with Crippen LogP contribution in [0.25, 0.3) is 0 Å². The number of benzene rings is 1. The van der Waals surface area contributed by atoms with E-state index in [-0.39, 0.29) is 16.4 Å². The quantitative estimate of drug-likeness (QED) is 0.875. The van der Waals surface area contributed by atoms with Gasteiger partial charge in [0.05, 0.1) is 10.5 Å². The first-order valence-corrected chi connectivity index (χ1v) is 7.98. The van der Waals surface area contributed by atoms with Crippen LogP contribution in [-0.4, -0.2) is 36.9 Å². The third-order valence-electron chi connectivity index (χ3n) is 3.00. The molecule has 0 radical (unpaired) electrons. The molecule has 1 rings (SSSR count). The Kier molecular flexibility index (Phi) is 5.30. The molecule has 0 fully saturated rings. The molecule has 6 heteroatoms. The van der Waals surface area contributed by atoms with Crippen LogP contribution in [0.3, 0.4) is 0 Å². The molecule has 20 heavy (non-hydrogen) atoms. The highest BCUT2D eigenvalue weighted by Crippen LogP contribution is 2.20. The van der Waals surface area contributed by atoms with Crippen molar-refractivity contribution in [1.82, 2.24) is 4.31 Å². The molecule has 0 aliphatic heterocycles. The Morgan fingerprint density at radius 1 is 1.35 bits per heavy atom. The SMILES string of the molecule is CCN(CC(C)C)S(=O)(=O)c1ccc(C)c(C(=O)O)c1. The summed E-state index contributed by atoms with van der Waals surface area (Å²) in [6, 6.07) is 4.22. The minimum atomic E-state index is -3.65. The fourth-order valence-electron chi connectivity index (χ4n) is 1.95. The largest absolute Gasteiger partial charge is 0.478 e. The van der Waals surface area contributed by atoms with Crippen molar-refractivity contribution in [3.05, 3.63) is 29.3 Å². The average Bonchev–Trinajstić information content (AvgIpc) is 2.35. The van der Waals surface area contributed by atoms with E-state index in [4.69, 9.17) is 5.11 Å². The van der Waals surface area contributed by atoms with E-state index in [0.717, 1.165) is 0 Å². The lowest BCUT2D eigenvalue weighted by atomic mass is 10.1. The van der Waals surface area contributed by atoms with E-state index in [0.29, 0.717) is 18.7 Å². The fourth-order valence-corrected chi connectivity index (χ4v) is 3.58. The van der Waals surface area contributed by atoms with Gasteiger partial charge in [0.15, 0.2) is 0 Å². The van der Waals surface area contributed by atoms with E-state index in [1.807, 2.05) is 13.8 Å². The molecule has 112 valence electrons. The van der Waals surface area contributed by atoms with E-state index in [1.54, 1.807) is 13.8 Å². The number of hydrogen-bond donors (Lipinski definition) is 1. The molecule has 0 atom stereocenters. The molecular formula is C14H21NO4S. The summed E-state index contributed by atoms with van der Waals surface area (Å²) in [4.78, 5) is 11.1. The van der Waals surface area contributed by atoms with E-state index >= 15 is 0 Å². The number of carbonyl (C=O) groups is 1. The maximum atomic E-state index is 12.5. The Morgan fingerprint density at radius 2 is 1.95 bits per heavy atom. The second kappa shape index (κ2) is 6.37. The minimum Gasteiger partial charge on any atom is -0.478 e. The number of aromatic carboxylic acids is 1. The molecule has 1 aromatic carbocycles. The van der Waals surface area contributed by atoms with Crippen LogP contribution in [0, 0.1) is 12.8 Å². The van der Waals surface area contributed by atoms with Gasteiger partial charge in [-0.15, -0.1) is 0 Å². The third-order valence-corrected chi connectivity index (χ3v) is 4.94. The van der Waals surface area contributed by atoms with Gasteiger partial charge in [-0.3, -0.25) is 0 Å². The summed E-state index contributed by atoms with van der Waals surface area (Å²) in [5, 5.41) is 9.09. The zero-order valence-corrected chi connectivity index (χ0v) is 13.1. The summed E-state index contributed by atoms with van der Waals surface area (Å²) < 4.78 is 26.4. The molecule has 0 aliphatic carbocycles. The number of nitrogens with zero attached hydrogens (tertiary/aromatic N) is 1. The van der Waals surface area contributed by atoms with Gasteiger partial charge in [-0.05, 0) is 30.5 Å². The second-order valence-electron chi connectivity index (χ2n) is 5.13. The standard InChI is InChI=1S/C14H21NO4S/c1-5-15(9-10(2)3)20(18,19)12-7-6-11(4)13(8-12)14(16)17/h6-8,10H,5,9H2,1-4H3,(H,16,17). The number of aryl methyl sites for hydroxylation is 1. The zero-order valence-electron chi connectivity index (χ0n) is 12.3. The summed E-state index contributed by atoms with van der Waals surface area (Å²) in [5.74, 6) is -0.916. The van der Waals surface area contributed by atoms with Crippen LogP contribution in [0.2, 0.25) is 0 Å². The van der Waals surface area contributed by atoms with E-state index in [1.165, 1.54) is 22.5 Å². The predicted molar refractivity (Wildman–Crippen MR) is 77.4 cm³/mol. The highest BCUT2D eigenvalue weighted by Gasteiger charge is 2.25. The Balaban J connectivity index is 3.27. The van der Waals surface area contributed by atoms with Crippen LogP contribution in [0.1, 0.15) is 36.7 Å². The Morgan fingerprint density at radius 3 is 2.40 bits per heavy atom. The minimum absolute atomic E-state index is 0.0201. The van der Waals surface area contributed by atoms with Crippen molar-refractivity contribution in [2.24, 2.45) is 5.92 Å². The van der Waals surface area contributed by atoms with Crippen molar-refractivity contribution in [2.75, 3.05) is 13.1 Å². The van der Waals surface area contributed by atoms with Crippen LogP contribution in [0.15, 0.2) is 23.1 Å². The smallest absolute Gasteiger partial charge is 0.335 e. The molecule has 0 aliphatic rings. The lowest BCUT2D eigenvalue weighted by molar-refractivity contribution is 0.0696. The van der Waals surface area contributed by atoms with Crippen molar-refractivity contribution >= 4 is 16.0 Å². The van der Waals surface area contributed by atoms with Gasteiger partial charge in [-0.1, -0.05) is 26.8 Å².